The first-order valence-electron chi connectivity index (χ1n) is 8.71. The van der Waals surface area contributed by atoms with Crippen molar-refractivity contribution in [3.63, 3.8) is 0 Å². The Labute approximate surface area is 146 Å². The van der Waals surface area contributed by atoms with Gasteiger partial charge in [0.15, 0.2) is 6.04 Å². The molecule has 136 valence electrons. The number of ether oxygens (including phenoxy) is 1. The second-order valence-electron chi connectivity index (χ2n) is 7.28. The summed E-state index contributed by atoms with van der Waals surface area (Å²) in [7, 11) is 1.60. The van der Waals surface area contributed by atoms with E-state index < -0.39 is 24.1 Å². The highest BCUT2D eigenvalue weighted by atomic mass is 19.1. The fraction of sp³-hybridized carbons (Fsp3) is 0.579. The van der Waals surface area contributed by atoms with Gasteiger partial charge in [-0.3, -0.25) is 4.79 Å². The molecule has 2 N–H and O–H groups in total. The summed E-state index contributed by atoms with van der Waals surface area (Å²) >= 11 is 0. The Morgan fingerprint density at radius 2 is 2.24 bits per heavy atom. The van der Waals surface area contributed by atoms with Crippen LogP contribution >= 0.6 is 0 Å². The zero-order valence-corrected chi connectivity index (χ0v) is 14.3. The molecular weight excluding hydrogens is 325 g/mol. The van der Waals surface area contributed by atoms with Gasteiger partial charge in [0.05, 0.1) is 12.5 Å². The molecule has 4 atom stereocenters. The summed E-state index contributed by atoms with van der Waals surface area (Å²) in [6.07, 6.45) is 4.33. The number of carbonyl (C=O) groups is 2. The molecule has 0 aromatic heterocycles. The predicted octanol–water partition coefficient (Wildman–Crippen LogP) is 2.58. The highest BCUT2D eigenvalue weighted by molar-refractivity contribution is 5.88. The molecule has 2 bridgehead atoms. The number of hydrogen-bond acceptors (Lipinski definition) is 3. The molecule has 5 nitrogen and oxygen atoms in total. The molecule has 1 aromatic rings. The summed E-state index contributed by atoms with van der Waals surface area (Å²) in [6.45, 7) is -1.11. The maximum atomic E-state index is 13.0. The Kier molecular flexibility index (Phi) is 4.97. The van der Waals surface area contributed by atoms with E-state index in [9.17, 15) is 14.0 Å². The van der Waals surface area contributed by atoms with Crippen molar-refractivity contribution in [1.82, 2.24) is 5.32 Å². The first kappa shape index (κ1) is 17.7. The van der Waals surface area contributed by atoms with Gasteiger partial charge in [-0.2, -0.15) is 0 Å². The third kappa shape index (κ3) is 3.34. The Hall–Kier alpha value is -2.11. The monoisotopic (exact) mass is 349 g/mol. The number of amides is 1. The predicted molar refractivity (Wildman–Crippen MR) is 90.1 cm³/mol. The van der Waals surface area contributed by atoms with Gasteiger partial charge in [0.2, 0.25) is 5.91 Å². The molecule has 4 unspecified atom stereocenters. The van der Waals surface area contributed by atoms with E-state index in [0.29, 0.717) is 12.3 Å². The number of carboxylic acid groups (broad SMARTS) is 1. The van der Waals surface area contributed by atoms with Crippen LogP contribution in [0.3, 0.4) is 0 Å². The van der Waals surface area contributed by atoms with Crippen molar-refractivity contribution in [1.29, 1.82) is 0 Å². The highest BCUT2D eigenvalue weighted by Crippen LogP contribution is 2.57. The Morgan fingerprint density at radius 1 is 1.44 bits per heavy atom. The molecule has 6 heteroatoms. The van der Waals surface area contributed by atoms with Crippen LogP contribution in [0.5, 0.6) is 5.75 Å². The number of rotatable bonds is 7. The lowest BCUT2D eigenvalue weighted by molar-refractivity contribution is -0.145. The van der Waals surface area contributed by atoms with Crippen LogP contribution in [0.4, 0.5) is 4.39 Å². The van der Waals surface area contributed by atoms with Crippen molar-refractivity contribution >= 4 is 11.9 Å². The molecule has 2 saturated carbocycles. The molecule has 0 heterocycles. The third-order valence-electron chi connectivity index (χ3n) is 5.84. The maximum absolute atomic E-state index is 13.0. The minimum absolute atomic E-state index is 0.220. The fourth-order valence-corrected chi connectivity index (χ4v) is 4.63. The molecule has 0 radical (unpaired) electrons. The Bertz CT molecular complexity index is 665. The fourth-order valence-electron chi connectivity index (χ4n) is 4.63. The van der Waals surface area contributed by atoms with Crippen LogP contribution in [0.1, 0.15) is 31.2 Å². The zero-order chi connectivity index (χ0) is 18.0. The van der Waals surface area contributed by atoms with E-state index in [4.69, 9.17) is 9.84 Å². The van der Waals surface area contributed by atoms with E-state index in [-0.39, 0.29) is 11.8 Å². The largest absolute Gasteiger partial charge is 0.497 e. The Morgan fingerprint density at radius 3 is 2.80 bits per heavy atom. The van der Waals surface area contributed by atoms with E-state index in [1.807, 2.05) is 24.3 Å². The molecular formula is C19H24FNO4. The van der Waals surface area contributed by atoms with Crippen molar-refractivity contribution in [2.24, 2.45) is 17.3 Å². The summed E-state index contributed by atoms with van der Waals surface area (Å²) in [4.78, 5) is 24.1. The van der Waals surface area contributed by atoms with Crippen LogP contribution in [-0.2, 0) is 16.0 Å². The van der Waals surface area contributed by atoms with Gasteiger partial charge in [-0.1, -0.05) is 18.6 Å². The standard InChI is InChI=1S/C19H24FNO4/c1-25-15-4-2-3-12(8-15)9-19(10-13-5-6-14(19)7-13)18(24)21-16(11-20)17(22)23/h2-4,8,13-14,16H,5-7,9-11H2,1H3,(H,21,24)(H,22,23). The van der Waals surface area contributed by atoms with Crippen LogP contribution < -0.4 is 10.1 Å². The van der Waals surface area contributed by atoms with Crippen molar-refractivity contribution in [2.45, 2.75) is 38.1 Å². The van der Waals surface area contributed by atoms with E-state index in [2.05, 4.69) is 5.32 Å². The summed E-state index contributed by atoms with van der Waals surface area (Å²) < 4.78 is 18.2. The van der Waals surface area contributed by atoms with Gasteiger partial charge in [-0.25, -0.2) is 9.18 Å². The number of carboxylic acids is 1. The molecule has 1 amide bonds. The van der Waals surface area contributed by atoms with Crippen LogP contribution in [0, 0.1) is 17.3 Å². The number of carbonyl (C=O) groups excluding carboxylic acids is 1. The Balaban J connectivity index is 1.86. The average molecular weight is 349 g/mol. The topological polar surface area (TPSA) is 75.6 Å². The van der Waals surface area contributed by atoms with Crippen molar-refractivity contribution in [2.75, 3.05) is 13.8 Å². The lowest BCUT2D eigenvalue weighted by Gasteiger charge is -2.37. The summed E-state index contributed by atoms with van der Waals surface area (Å²) in [5.41, 5.74) is 0.326. The van der Waals surface area contributed by atoms with Gasteiger partial charge in [0.1, 0.15) is 12.4 Å². The smallest absolute Gasteiger partial charge is 0.328 e. The van der Waals surface area contributed by atoms with Crippen LogP contribution in [0.15, 0.2) is 24.3 Å². The number of fused-ring (bicyclic) bond motifs is 2. The summed E-state index contributed by atoms with van der Waals surface area (Å²) in [5.74, 6) is -0.223. The zero-order valence-electron chi connectivity index (χ0n) is 14.3. The van der Waals surface area contributed by atoms with E-state index >= 15 is 0 Å². The minimum Gasteiger partial charge on any atom is -0.497 e. The molecule has 3 rings (SSSR count). The van der Waals surface area contributed by atoms with Crippen LogP contribution in [0.25, 0.3) is 0 Å². The van der Waals surface area contributed by atoms with Gasteiger partial charge >= 0.3 is 5.97 Å². The lowest BCUT2D eigenvalue weighted by Crippen LogP contribution is -2.52. The number of alkyl halides is 1. The van der Waals surface area contributed by atoms with Crippen molar-refractivity contribution < 1.29 is 23.8 Å². The average Bonchev–Trinajstić information content (AvgIpc) is 3.20. The van der Waals surface area contributed by atoms with Crippen LogP contribution in [0.2, 0.25) is 0 Å². The van der Waals surface area contributed by atoms with E-state index in [1.165, 1.54) is 0 Å². The second kappa shape index (κ2) is 7.02. The van der Waals surface area contributed by atoms with Gasteiger partial charge in [-0.15, -0.1) is 0 Å². The molecule has 1 aromatic carbocycles. The quantitative estimate of drug-likeness (QED) is 0.793. The SMILES string of the molecule is COc1cccc(CC2(C(=O)NC(CF)C(=O)O)CC3CCC2C3)c1. The van der Waals surface area contributed by atoms with E-state index in [0.717, 1.165) is 37.0 Å². The second-order valence-corrected chi connectivity index (χ2v) is 7.28. The van der Waals surface area contributed by atoms with E-state index in [1.54, 1.807) is 7.11 Å². The number of nitrogens with one attached hydrogen (secondary N) is 1. The normalized spacial score (nSPS) is 28.6. The summed E-state index contributed by atoms with van der Waals surface area (Å²) in [5, 5.41) is 11.5. The number of halogens is 1. The first-order valence-corrected chi connectivity index (χ1v) is 8.71. The molecule has 0 aliphatic heterocycles. The van der Waals surface area contributed by atoms with Crippen LogP contribution in [-0.4, -0.2) is 36.8 Å². The van der Waals surface area contributed by atoms with Gasteiger partial charge < -0.3 is 15.2 Å². The number of benzene rings is 1. The molecule has 25 heavy (non-hydrogen) atoms. The number of methoxy groups -OCH3 is 1. The first-order chi connectivity index (χ1) is 12.0. The van der Waals surface area contributed by atoms with Gasteiger partial charge in [-0.05, 0) is 55.2 Å². The molecule has 2 aliphatic rings. The lowest BCUT2D eigenvalue weighted by atomic mass is 9.68. The number of aliphatic carboxylic acids is 1. The van der Waals surface area contributed by atoms with Crippen molar-refractivity contribution in [3.05, 3.63) is 29.8 Å². The minimum atomic E-state index is -1.48. The molecule has 2 aliphatic carbocycles. The van der Waals surface area contributed by atoms with Gasteiger partial charge in [0, 0.05) is 0 Å². The van der Waals surface area contributed by atoms with Gasteiger partial charge in [0.25, 0.3) is 0 Å². The number of hydrogen-bond donors (Lipinski definition) is 2. The van der Waals surface area contributed by atoms with Crippen molar-refractivity contribution in [3.8, 4) is 5.75 Å². The highest BCUT2D eigenvalue weighted by Gasteiger charge is 2.55. The maximum Gasteiger partial charge on any atom is 0.328 e. The molecule has 0 spiro atoms. The molecule has 0 saturated heterocycles. The molecule has 2 fully saturated rings. The summed E-state index contributed by atoms with van der Waals surface area (Å²) in [6, 6.07) is 6.11. The third-order valence-corrected chi connectivity index (χ3v) is 5.84.